The third kappa shape index (κ3) is 73.5. The van der Waals surface area contributed by atoms with E-state index in [0.29, 0.717) is 38.5 Å². The zero-order chi connectivity index (χ0) is 74.6. The molecule has 5 atom stereocenters. The first kappa shape index (κ1) is 97.2. The van der Waals surface area contributed by atoms with Gasteiger partial charge in [-0.1, -0.05) is 290 Å². The minimum absolute atomic E-state index is 0.0234. The van der Waals surface area contributed by atoms with E-state index < -0.39 is 97.5 Å². The summed E-state index contributed by atoms with van der Waals surface area (Å²) in [5.41, 5.74) is 0. The molecule has 0 aromatic heterocycles. The van der Waals surface area contributed by atoms with Crippen LogP contribution < -0.4 is 0 Å². The Bertz CT molecular complexity index is 2460. The molecule has 19 heteroatoms. The number of carbonyl (C=O) groups is 4. The van der Waals surface area contributed by atoms with Gasteiger partial charge < -0.3 is 33.8 Å². The lowest BCUT2D eigenvalue weighted by molar-refractivity contribution is -0.161. The van der Waals surface area contributed by atoms with Crippen molar-refractivity contribution in [1.82, 2.24) is 0 Å². The Labute approximate surface area is 618 Å². The number of hydrogen-bond acceptors (Lipinski definition) is 15. The summed E-state index contributed by atoms with van der Waals surface area (Å²) in [5, 5.41) is 10.6. The molecule has 0 radical (unpaired) electrons. The van der Waals surface area contributed by atoms with Crippen molar-refractivity contribution in [1.29, 1.82) is 0 Å². The molecule has 0 fully saturated rings. The summed E-state index contributed by atoms with van der Waals surface area (Å²) in [6.45, 7) is 4.51. The minimum Gasteiger partial charge on any atom is -0.462 e. The number of allylic oxidation sites excluding steroid dienone is 22. The topological polar surface area (TPSA) is 237 Å². The van der Waals surface area contributed by atoms with Crippen LogP contribution in [0.3, 0.4) is 0 Å². The van der Waals surface area contributed by atoms with E-state index in [-0.39, 0.29) is 25.7 Å². The van der Waals surface area contributed by atoms with Gasteiger partial charge >= 0.3 is 39.5 Å². The van der Waals surface area contributed by atoms with Crippen molar-refractivity contribution < 1.29 is 80.2 Å². The van der Waals surface area contributed by atoms with Gasteiger partial charge in [-0.25, -0.2) is 9.13 Å². The predicted octanol–water partition coefficient (Wildman–Crippen LogP) is 22.9. The van der Waals surface area contributed by atoms with Crippen LogP contribution in [0.5, 0.6) is 0 Å². The lowest BCUT2D eigenvalue weighted by Gasteiger charge is -2.21. The van der Waals surface area contributed by atoms with Crippen molar-refractivity contribution in [2.24, 2.45) is 0 Å². The van der Waals surface area contributed by atoms with Crippen LogP contribution in [0, 0.1) is 0 Å². The Morgan fingerprint density at radius 1 is 0.284 bits per heavy atom. The van der Waals surface area contributed by atoms with Gasteiger partial charge in [0.15, 0.2) is 12.2 Å². The Kier molecular flexibility index (Phi) is 71.0. The highest BCUT2D eigenvalue weighted by Crippen LogP contribution is 2.45. The quantitative estimate of drug-likeness (QED) is 0.0169. The van der Waals surface area contributed by atoms with Gasteiger partial charge in [-0.2, -0.15) is 0 Å². The molecule has 0 aromatic carbocycles. The second kappa shape index (κ2) is 74.5. The fourth-order valence-electron chi connectivity index (χ4n) is 10.2. The second-order valence-corrected chi connectivity index (χ2v) is 28.8. The van der Waals surface area contributed by atoms with Gasteiger partial charge in [0.1, 0.15) is 19.3 Å². The molecule has 0 bridgehead atoms. The van der Waals surface area contributed by atoms with E-state index >= 15 is 0 Å². The molecule has 0 saturated heterocycles. The fourth-order valence-corrected chi connectivity index (χ4v) is 11.8. The van der Waals surface area contributed by atoms with Gasteiger partial charge in [0, 0.05) is 25.7 Å². The first-order valence-corrected chi connectivity index (χ1v) is 42.4. The Morgan fingerprint density at radius 3 is 0.873 bits per heavy atom. The zero-order valence-corrected chi connectivity index (χ0v) is 65.5. The number of aliphatic hydroxyl groups is 1. The standard InChI is InChI=1S/C83H140O17P2/c1-5-9-13-17-21-25-29-33-36-37-38-39-42-45-48-52-56-60-64-68-81(86)94-74-79(100-83(88)70-66-62-58-54-50-46-41-35-31-27-23-19-15-11-7-3)76-98-102(91,92)96-72-77(84)71-95-101(89,90)97-75-78(99-82(87)69-65-61-57-53-49-43-32-28-24-20-16-12-8-4)73-93-80(85)67-63-59-55-51-47-44-40-34-30-26-22-18-14-10-6-2/h9,11,13,15,21,23,25,27,33-36,38-41,45,48,50,54,56,60,77-79,84H,5-8,10,12,14,16-20,22,24,26,28-32,37,42-44,46-47,49,51-53,55,57-59,61-76H2,1-4H3,(H,89,90)(H,91,92)/b13-9-,15-11-,25-21-,27-23-,36-33-,39-38-,40-34-,41-35-,48-45-,54-50-,60-56-. The van der Waals surface area contributed by atoms with Crippen molar-refractivity contribution in [2.45, 2.75) is 329 Å². The molecule has 0 rings (SSSR count). The molecule has 0 spiro atoms. The van der Waals surface area contributed by atoms with Crippen LogP contribution in [0.1, 0.15) is 310 Å². The van der Waals surface area contributed by atoms with Crippen molar-refractivity contribution in [3.8, 4) is 0 Å². The maximum absolute atomic E-state index is 13.1. The summed E-state index contributed by atoms with van der Waals surface area (Å²) in [6, 6.07) is 0. The molecule has 0 aromatic rings. The lowest BCUT2D eigenvalue weighted by atomic mass is 10.0. The Balaban J connectivity index is 5.45. The van der Waals surface area contributed by atoms with Crippen LogP contribution in [0.2, 0.25) is 0 Å². The van der Waals surface area contributed by atoms with E-state index in [4.69, 9.17) is 37.0 Å². The summed E-state index contributed by atoms with van der Waals surface area (Å²) in [5.74, 6) is -2.33. The number of hydrogen-bond donors (Lipinski definition) is 3. The Hall–Kier alpha value is -4.80. The number of ether oxygens (including phenoxy) is 4. The third-order valence-corrected chi connectivity index (χ3v) is 18.0. The molecule has 102 heavy (non-hydrogen) atoms. The van der Waals surface area contributed by atoms with E-state index in [1.807, 2.05) is 18.2 Å². The summed E-state index contributed by atoms with van der Waals surface area (Å²) in [4.78, 5) is 72.9. The smallest absolute Gasteiger partial charge is 0.462 e. The van der Waals surface area contributed by atoms with Gasteiger partial charge in [0.2, 0.25) is 0 Å². The molecular weight excluding hydrogens is 1330 g/mol. The average molecular weight is 1470 g/mol. The number of carbonyl (C=O) groups excluding carboxylic acids is 4. The van der Waals surface area contributed by atoms with Gasteiger partial charge in [0.05, 0.1) is 26.4 Å². The van der Waals surface area contributed by atoms with Crippen LogP contribution in [0.15, 0.2) is 134 Å². The summed E-state index contributed by atoms with van der Waals surface area (Å²) in [7, 11) is -9.99. The Morgan fingerprint density at radius 2 is 0.529 bits per heavy atom. The van der Waals surface area contributed by atoms with Crippen LogP contribution in [-0.2, 0) is 65.4 Å². The molecule has 5 unspecified atom stereocenters. The van der Waals surface area contributed by atoms with Crippen LogP contribution in [0.4, 0.5) is 0 Å². The van der Waals surface area contributed by atoms with Crippen molar-refractivity contribution in [3.05, 3.63) is 134 Å². The molecule has 0 aliphatic carbocycles. The lowest BCUT2D eigenvalue weighted by Crippen LogP contribution is -2.30. The van der Waals surface area contributed by atoms with E-state index in [1.54, 1.807) is 0 Å². The van der Waals surface area contributed by atoms with E-state index in [9.17, 15) is 43.2 Å². The highest BCUT2D eigenvalue weighted by molar-refractivity contribution is 7.47. The van der Waals surface area contributed by atoms with Crippen LogP contribution >= 0.6 is 15.6 Å². The predicted molar refractivity (Wildman–Crippen MR) is 418 cm³/mol. The van der Waals surface area contributed by atoms with Gasteiger partial charge in [0.25, 0.3) is 0 Å². The van der Waals surface area contributed by atoms with E-state index in [1.165, 1.54) is 89.9 Å². The number of phosphoric ester groups is 2. The monoisotopic (exact) mass is 1470 g/mol. The largest absolute Gasteiger partial charge is 0.472 e. The van der Waals surface area contributed by atoms with Crippen LogP contribution in [-0.4, -0.2) is 96.7 Å². The fraction of sp³-hybridized carbons (Fsp3) is 0.687. The van der Waals surface area contributed by atoms with Gasteiger partial charge in [-0.3, -0.25) is 37.3 Å². The normalized spacial score (nSPS) is 14.6. The summed E-state index contributed by atoms with van der Waals surface area (Å²) >= 11 is 0. The molecule has 0 saturated carbocycles. The first-order valence-electron chi connectivity index (χ1n) is 39.4. The van der Waals surface area contributed by atoms with E-state index in [2.05, 4.69) is 143 Å². The minimum atomic E-state index is -5.01. The number of rotatable bonds is 73. The number of esters is 4. The molecular formula is C83H140O17P2. The number of phosphoric acid groups is 2. The molecule has 0 aliphatic rings. The molecule has 0 aliphatic heterocycles. The SMILES string of the molecule is CC/C=C\C/C=C\C/C=C\C/C=C\C/C=C\C/C=C\CCC(=O)OCC(COP(=O)(O)OCC(O)COP(=O)(O)OCC(COC(=O)CCCCCCC/C=C\CCCCCCCC)OC(=O)CCCCCCCCCCCCCCC)OC(=O)CCCC/C=C\C/C=C\C/C=C\C/C=C\CC. The van der Waals surface area contributed by atoms with E-state index in [0.717, 1.165) is 128 Å². The highest BCUT2D eigenvalue weighted by atomic mass is 31.2. The van der Waals surface area contributed by atoms with Crippen LogP contribution in [0.25, 0.3) is 0 Å². The van der Waals surface area contributed by atoms with Gasteiger partial charge in [-0.15, -0.1) is 0 Å². The maximum atomic E-state index is 13.1. The van der Waals surface area contributed by atoms with Crippen molar-refractivity contribution in [3.63, 3.8) is 0 Å². The highest BCUT2D eigenvalue weighted by Gasteiger charge is 2.30. The summed E-state index contributed by atoms with van der Waals surface area (Å²) < 4.78 is 68.4. The molecule has 3 N–H and O–H groups in total. The molecule has 0 amide bonds. The number of unbranched alkanes of at least 4 members (excludes halogenated alkanes) is 25. The molecule has 0 heterocycles. The van der Waals surface area contributed by atoms with Gasteiger partial charge in [-0.05, 0) is 128 Å². The average Bonchev–Trinajstić information content (AvgIpc) is 0.924. The molecule has 584 valence electrons. The zero-order valence-electron chi connectivity index (χ0n) is 63.7. The summed E-state index contributed by atoms with van der Waals surface area (Å²) in [6.07, 6.45) is 83.1. The first-order chi connectivity index (χ1) is 49.7. The number of aliphatic hydroxyl groups excluding tert-OH is 1. The van der Waals surface area contributed by atoms with Crippen molar-refractivity contribution in [2.75, 3.05) is 39.6 Å². The molecule has 17 nitrogen and oxygen atoms in total. The third-order valence-electron chi connectivity index (χ3n) is 16.1. The second-order valence-electron chi connectivity index (χ2n) is 25.9. The maximum Gasteiger partial charge on any atom is 0.472 e. The van der Waals surface area contributed by atoms with Crippen molar-refractivity contribution >= 4 is 39.5 Å².